The van der Waals surface area contributed by atoms with E-state index in [0.717, 1.165) is 7.11 Å². The molecule has 2 rings (SSSR count). The fourth-order valence-corrected chi connectivity index (χ4v) is 2.20. The highest BCUT2D eigenvalue weighted by Gasteiger charge is 2.24. The van der Waals surface area contributed by atoms with E-state index < -0.39 is 16.2 Å². The van der Waals surface area contributed by atoms with Crippen LogP contribution in [0.25, 0.3) is 0 Å². The Morgan fingerprint density at radius 3 is 2.78 bits per heavy atom. The zero-order valence-electron chi connectivity index (χ0n) is 9.32. The molecule has 0 aromatic carbocycles. The number of esters is 1. The van der Waals surface area contributed by atoms with Crippen LogP contribution in [0.2, 0.25) is 0 Å². The van der Waals surface area contributed by atoms with Crippen LogP contribution in [-0.2, 0) is 19.7 Å². The van der Waals surface area contributed by atoms with Gasteiger partial charge in [-0.15, -0.1) is 4.40 Å². The quantitative estimate of drug-likeness (QED) is 0.747. The van der Waals surface area contributed by atoms with Crippen LogP contribution in [0.1, 0.15) is 5.69 Å². The molecule has 1 N–H and O–H groups in total. The van der Waals surface area contributed by atoms with E-state index in [1.807, 2.05) is 4.72 Å². The molecule has 0 saturated heterocycles. The zero-order valence-corrected chi connectivity index (χ0v) is 10.1. The third-order valence-corrected chi connectivity index (χ3v) is 2.99. The van der Waals surface area contributed by atoms with Crippen LogP contribution in [0, 0.1) is 0 Å². The molecule has 0 spiro atoms. The van der Waals surface area contributed by atoms with Crippen LogP contribution < -0.4 is 4.72 Å². The Bertz CT molecular complexity index is 634. The third kappa shape index (κ3) is 2.54. The number of aromatic nitrogens is 1. The summed E-state index contributed by atoms with van der Waals surface area (Å²) in [7, 11) is -2.80. The number of nitrogens with one attached hydrogen (secondary N) is 1. The molecule has 0 amide bonds. The van der Waals surface area contributed by atoms with Gasteiger partial charge in [-0.1, -0.05) is 6.07 Å². The lowest BCUT2D eigenvalue weighted by Crippen LogP contribution is -2.31. The molecule has 8 heteroatoms. The molecule has 7 nitrogen and oxygen atoms in total. The van der Waals surface area contributed by atoms with Gasteiger partial charge in [-0.2, -0.15) is 8.42 Å². The van der Waals surface area contributed by atoms with Crippen molar-refractivity contribution in [3.63, 3.8) is 0 Å². The molecular weight excluding hydrogens is 258 g/mol. The van der Waals surface area contributed by atoms with Gasteiger partial charge in [0.15, 0.2) is 0 Å². The van der Waals surface area contributed by atoms with Crippen LogP contribution >= 0.6 is 0 Å². The van der Waals surface area contributed by atoms with Crippen LogP contribution in [-0.4, -0.2) is 32.2 Å². The number of allylic oxidation sites excluding steroid dienone is 1. The highest BCUT2D eigenvalue weighted by Crippen LogP contribution is 2.10. The first kappa shape index (κ1) is 12.2. The number of nitrogens with zero attached hydrogens (tertiary/aromatic N) is 2. The predicted octanol–water partition coefficient (Wildman–Crippen LogP) is -0.224. The lowest BCUT2D eigenvalue weighted by molar-refractivity contribution is -0.136. The highest BCUT2D eigenvalue weighted by atomic mass is 32.2. The molecule has 0 atom stereocenters. The van der Waals surface area contributed by atoms with Crippen LogP contribution in [0.5, 0.6) is 0 Å². The molecule has 0 fully saturated rings. The van der Waals surface area contributed by atoms with Crippen molar-refractivity contribution in [1.29, 1.82) is 0 Å². The van der Waals surface area contributed by atoms with Gasteiger partial charge in [0.25, 0.3) is 0 Å². The monoisotopic (exact) mass is 267 g/mol. The first-order valence-corrected chi connectivity index (χ1v) is 6.30. The van der Waals surface area contributed by atoms with Gasteiger partial charge in [0.05, 0.1) is 12.8 Å². The van der Waals surface area contributed by atoms with E-state index in [0.29, 0.717) is 5.69 Å². The number of methoxy groups -OCH3 is 1. The molecule has 0 aliphatic carbocycles. The van der Waals surface area contributed by atoms with Gasteiger partial charge in [-0.3, -0.25) is 9.71 Å². The minimum absolute atomic E-state index is 0.0785. The summed E-state index contributed by atoms with van der Waals surface area (Å²) < 4.78 is 32.9. The summed E-state index contributed by atoms with van der Waals surface area (Å²) >= 11 is 0. The number of carbonyl (C=O) groups is 1. The van der Waals surface area contributed by atoms with Crippen LogP contribution in [0.15, 0.2) is 40.6 Å². The Hall–Kier alpha value is -2.22. The maximum Gasteiger partial charge on any atom is 0.355 e. The minimum atomic E-state index is -3.96. The Morgan fingerprint density at radius 2 is 2.17 bits per heavy atom. The largest absolute Gasteiger partial charge is 0.464 e. The second-order valence-corrected chi connectivity index (χ2v) is 4.66. The summed E-state index contributed by atoms with van der Waals surface area (Å²) in [4.78, 5) is 15.3. The van der Waals surface area contributed by atoms with Gasteiger partial charge in [0.1, 0.15) is 11.4 Å². The van der Waals surface area contributed by atoms with Gasteiger partial charge in [-0.25, -0.2) is 4.79 Å². The average Bonchev–Trinajstić information content (AvgIpc) is 2.37. The smallest absolute Gasteiger partial charge is 0.355 e. The molecule has 0 radical (unpaired) electrons. The molecule has 1 aromatic heterocycles. The fraction of sp³-hybridized carbons (Fsp3) is 0.100. The van der Waals surface area contributed by atoms with Crippen LogP contribution in [0.4, 0.5) is 0 Å². The first-order chi connectivity index (χ1) is 8.52. The zero-order chi connectivity index (χ0) is 13.2. The number of pyridine rings is 1. The molecule has 1 aliphatic heterocycles. The molecule has 94 valence electrons. The van der Waals surface area contributed by atoms with Gasteiger partial charge in [0.2, 0.25) is 0 Å². The lowest BCUT2D eigenvalue weighted by atomic mass is 10.2. The van der Waals surface area contributed by atoms with Gasteiger partial charge in [-0.05, 0) is 18.2 Å². The number of hydrogen-bond acceptors (Lipinski definition) is 5. The van der Waals surface area contributed by atoms with Crippen molar-refractivity contribution in [2.45, 2.75) is 0 Å². The van der Waals surface area contributed by atoms with Gasteiger partial charge < -0.3 is 4.74 Å². The van der Waals surface area contributed by atoms with Gasteiger partial charge >= 0.3 is 16.2 Å². The van der Waals surface area contributed by atoms with Crippen molar-refractivity contribution in [1.82, 2.24) is 9.71 Å². The molecule has 0 bridgehead atoms. The summed E-state index contributed by atoms with van der Waals surface area (Å²) in [5, 5.41) is 0. The second-order valence-electron chi connectivity index (χ2n) is 3.32. The van der Waals surface area contributed by atoms with E-state index in [4.69, 9.17) is 0 Å². The number of rotatable bonds is 2. The van der Waals surface area contributed by atoms with Crippen molar-refractivity contribution in [3.05, 3.63) is 41.9 Å². The fourth-order valence-electron chi connectivity index (χ4n) is 1.33. The van der Waals surface area contributed by atoms with Crippen molar-refractivity contribution in [2.75, 3.05) is 7.11 Å². The lowest BCUT2D eigenvalue weighted by Gasteiger charge is -2.13. The summed E-state index contributed by atoms with van der Waals surface area (Å²) in [5.41, 5.74) is 0.229. The molecule has 1 aliphatic rings. The van der Waals surface area contributed by atoms with Crippen LogP contribution in [0.3, 0.4) is 0 Å². The number of hydrogen-bond donors (Lipinski definition) is 1. The standard InChI is InChI=1S/C10H9N3O4S/c1-17-10(14)9-6-8(12-18(15,16)13-9)7-4-2-3-5-11-7/h2-6,13H,1H3. The van der Waals surface area contributed by atoms with Crippen molar-refractivity contribution < 1.29 is 17.9 Å². The first-order valence-electron chi connectivity index (χ1n) is 4.86. The molecule has 2 heterocycles. The van der Waals surface area contributed by atoms with E-state index in [1.54, 1.807) is 18.2 Å². The Balaban J connectivity index is 2.49. The SMILES string of the molecule is COC(=O)C1=CC(c2ccccn2)=NS(=O)(=O)N1. The summed E-state index contributed by atoms with van der Waals surface area (Å²) in [6.45, 7) is 0. The van der Waals surface area contributed by atoms with E-state index in [-0.39, 0.29) is 11.4 Å². The van der Waals surface area contributed by atoms with E-state index >= 15 is 0 Å². The van der Waals surface area contributed by atoms with E-state index in [9.17, 15) is 13.2 Å². The summed E-state index contributed by atoms with van der Waals surface area (Å²) in [5.74, 6) is -0.790. The normalized spacial score (nSPS) is 17.2. The Kier molecular flexibility index (Phi) is 3.11. The van der Waals surface area contributed by atoms with Crippen molar-refractivity contribution in [2.24, 2.45) is 4.40 Å². The number of ether oxygens (including phenoxy) is 1. The maximum absolute atomic E-state index is 11.5. The molecule has 1 aromatic rings. The highest BCUT2D eigenvalue weighted by molar-refractivity contribution is 7.88. The van der Waals surface area contributed by atoms with E-state index in [1.165, 1.54) is 12.3 Å². The van der Waals surface area contributed by atoms with Crippen molar-refractivity contribution >= 4 is 21.9 Å². The predicted molar refractivity (Wildman–Crippen MR) is 62.9 cm³/mol. The molecular formula is C10H9N3O4S. The third-order valence-electron chi connectivity index (χ3n) is 2.07. The van der Waals surface area contributed by atoms with Crippen molar-refractivity contribution in [3.8, 4) is 0 Å². The Labute approximate surface area is 103 Å². The maximum atomic E-state index is 11.5. The Morgan fingerprint density at radius 1 is 1.39 bits per heavy atom. The number of carbonyl (C=O) groups excluding carboxylic acids is 1. The molecule has 0 saturated carbocycles. The summed E-state index contributed by atoms with van der Waals surface area (Å²) in [6, 6.07) is 4.96. The topological polar surface area (TPSA) is 97.7 Å². The van der Waals surface area contributed by atoms with E-state index in [2.05, 4.69) is 14.1 Å². The molecule has 0 unspecified atom stereocenters. The summed E-state index contributed by atoms with van der Waals surface area (Å²) in [6.07, 6.45) is 2.77. The average molecular weight is 267 g/mol. The minimum Gasteiger partial charge on any atom is -0.464 e. The van der Waals surface area contributed by atoms with Gasteiger partial charge in [0, 0.05) is 6.20 Å². The molecule has 18 heavy (non-hydrogen) atoms. The second kappa shape index (κ2) is 4.57.